The molecule has 0 saturated carbocycles. The van der Waals surface area contributed by atoms with Crippen molar-refractivity contribution in [1.82, 2.24) is 9.80 Å². The van der Waals surface area contributed by atoms with Crippen LogP contribution in [0.25, 0.3) is 0 Å². The predicted octanol–water partition coefficient (Wildman–Crippen LogP) is 0.322. The summed E-state index contributed by atoms with van der Waals surface area (Å²) in [5, 5.41) is 0. The van der Waals surface area contributed by atoms with Gasteiger partial charge in [0.05, 0.1) is 5.56 Å². The monoisotopic (exact) mass is 251 g/mol. The van der Waals surface area contributed by atoms with Gasteiger partial charge in [0.2, 0.25) is 5.91 Å². The first-order valence-corrected chi connectivity index (χ1v) is 5.57. The van der Waals surface area contributed by atoms with Gasteiger partial charge in [-0.3, -0.25) is 9.59 Å². The summed E-state index contributed by atoms with van der Waals surface area (Å²) >= 11 is 0. The maximum atomic E-state index is 13.6. The zero-order valence-corrected chi connectivity index (χ0v) is 10.0. The van der Waals surface area contributed by atoms with Crippen molar-refractivity contribution in [2.75, 3.05) is 32.4 Å². The summed E-state index contributed by atoms with van der Waals surface area (Å²) in [6.07, 6.45) is 0. The lowest BCUT2D eigenvalue weighted by atomic mass is 10.1. The van der Waals surface area contributed by atoms with Crippen molar-refractivity contribution in [2.45, 2.75) is 0 Å². The molecule has 1 aliphatic rings. The van der Waals surface area contributed by atoms with E-state index in [-0.39, 0.29) is 23.7 Å². The van der Waals surface area contributed by atoms with E-state index in [1.807, 2.05) is 0 Å². The molecule has 0 bridgehead atoms. The minimum atomic E-state index is -0.661. The third-order valence-electron chi connectivity index (χ3n) is 2.97. The molecule has 1 aromatic rings. The Hall–Kier alpha value is -2.11. The number of benzene rings is 1. The van der Waals surface area contributed by atoms with Gasteiger partial charge in [0.25, 0.3) is 5.91 Å². The number of halogens is 1. The van der Waals surface area contributed by atoms with E-state index in [1.165, 1.54) is 17.0 Å². The third-order valence-corrected chi connectivity index (χ3v) is 2.97. The van der Waals surface area contributed by atoms with Crippen LogP contribution < -0.4 is 5.73 Å². The van der Waals surface area contributed by atoms with Crippen LogP contribution in [-0.2, 0) is 4.79 Å². The Morgan fingerprint density at radius 2 is 2.11 bits per heavy atom. The Kier molecular flexibility index (Phi) is 3.18. The highest BCUT2D eigenvalue weighted by molar-refractivity contribution is 5.97. The first-order valence-electron chi connectivity index (χ1n) is 5.57. The minimum absolute atomic E-state index is 0.0147. The number of nitrogens with zero attached hydrogens (tertiary/aromatic N) is 2. The molecule has 0 unspecified atom stereocenters. The van der Waals surface area contributed by atoms with E-state index in [1.54, 1.807) is 11.9 Å². The summed E-state index contributed by atoms with van der Waals surface area (Å²) in [6, 6.07) is 3.91. The SMILES string of the molecule is CN1CCN(C(=O)c2ccc(N)cc2F)CC1=O. The second kappa shape index (κ2) is 4.64. The lowest BCUT2D eigenvalue weighted by Crippen LogP contribution is -2.50. The average Bonchev–Trinajstić information content (AvgIpc) is 2.32. The zero-order valence-electron chi connectivity index (χ0n) is 10.0. The number of anilines is 1. The van der Waals surface area contributed by atoms with E-state index in [2.05, 4.69) is 0 Å². The fourth-order valence-corrected chi connectivity index (χ4v) is 1.81. The van der Waals surface area contributed by atoms with E-state index in [9.17, 15) is 14.0 Å². The maximum Gasteiger partial charge on any atom is 0.257 e. The molecule has 6 heteroatoms. The molecule has 1 aliphatic heterocycles. The highest BCUT2D eigenvalue weighted by atomic mass is 19.1. The topological polar surface area (TPSA) is 66.6 Å². The number of amides is 2. The second-order valence-corrected chi connectivity index (χ2v) is 4.28. The van der Waals surface area contributed by atoms with E-state index in [4.69, 9.17) is 5.73 Å². The summed E-state index contributed by atoms with van der Waals surface area (Å²) in [6.45, 7) is 0.852. The van der Waals surface area contributed by atoms with E-state index >= 15 is 0 Å². The lowest BCUT2D eigenvalue weighted by molar-refractivity contribution is -0.133. The van der Waals surface area contributed by atoms with Crippen LogP contribution in [-0.4, -0.2) is 48.3 Å². The van der Waals surface area contributed by atoms with Crippen LogP contribution in [0.3, 0.4) is 0 Å². The van der Waals surface area contributed by atoms with Crippen LogP contribution in [0.5, 0.6) is 0 Å². The Bertz CT molecular complexity index is 504. The third kappa shape index (κ3) is 2.27. The summed E-state index contributed by atoms with van der Waals surface area (Å²) in [5.41, 5.74) is 5.63. The molecule has 0 radical (unpaired) electrons. The minimum Gasteiger partial charge on any atom is -0.399 e. The summed E-state index contributed by atoms with van der Waals surface area (Å²) < 4.78 is 13.6. The van der Waals surface area contributed by atoms with Gasteiger partial charge in [-0.2, -0.15) is 0 Å². The molecular weight excluding hydrogens is 237 g/mol. The number of rotatable bonds is 1. The van der Waals surface area contributed by atoms with Crippen LogP contribution >= 0.6 is 0 Å². The number of hydrogen-bond donors (Lipinski definition) is 1. The van der Waals surface area contributed by atoms with Crippen LogP contribution in [0.1, 0.15) is 10.4 Å². The molecule has 18 heavy (non-hydrogen) atoms. The highest BCUT2D eigenvalue weighted by Gasteiger charge is 2.26. The average molecular weight is 251 g/mol. The zero-order chi connectivity index (χ0) is 13.3. The molecular formula is C12H14FN3O2. The molecule has 96 valence electrons. The Morgan fingerprint density at radius 1 is 1.39 bits per heavy atom. The van der Waals surface area contributed by atoms with Crippen LogP contribution in [0.4, 0.5) is 10.1 Å². The lowest BCUT2D eigenvalue weighted by Gasteiger charge is -2.32. The maximum absolute atomic E-state index is 13.6. The molecule has 2 amide bonds. The number of nitrogens with two attached hydrogens (primary N) is 1. The second-order valence-electron chi connectivity index (χ2n) is 4.28. The van der Waals surface area contributed by atoms with Gasteiger partial charge in [-0.05, 0) is 18.2 Å². The Balaban J connectivity index is 2.19. The predicted molar refractivity (Wildman–Crippen MR) is 64.4 cm³/mol. The van der Waals surface area contributed by atoms with Crippen LogP contribution in [0, 0.1) is 5.82 Å². The normalized spacial score (nSPS) is 16.0. The quantitative estimate of drug-likeness (QED) is 0.731. The van der Waals surface area contributed by atoms with Crippen molar-refractivity contribution in [2.24, 2.45) is 0 Å². The molecule has 1 aromatic carbocycles. The molecule has 0 aliphatic carbocycles. The van der Waals surface area contributed by atoms with E-state index < -0.39 is 11.7 Å². The number of hydrogen-bond acceptors (Lipinski definition) is 3. The van der Waals surface area contributed by atoms with Gasteiger partial charge < -0.3 is 15.5 Å². The van der Waals surface area contributed by atoms with Crippen molar-refractivity contribution in [1.29, 1.82) is 0 Å². The number of carbonyl (C=O) groups is 2. The van der Waals surface area contributed by atoms with Gasteiger partial charge in [-0.15, -0.1) is 0 Å². The van der Waals surface area contributed by atoms with Crippen molar-refractivity contribution < 1.29 is 14.0 Å². The molecule has 1 fully saturated rings. The molecule has 0 spiro atoms. The number of piperazine rings is 1. The fourth-order valence-electron chi connectivity index (χ4n) is 1.81. The molecule has 0 atom stereocenters. The first-order chi connectivity index (χ1) is 8.49. The van der Waals surface area contributed by atoms with Gasteiger partial charge in [0, 0.05) is 25.8 Å². The van der Waals surface area contributed by atoms with Crippen molar-refractivity contribution in [3.63, 3.8) is 0 Å². The van der Waals surface area contributed by atoms with Crippen molar-refractivity contribution in [3.05, 3.63) is 29.6 Å². The van der Waals surface area contributed by atoms with E-state index in [0.717, 1.165) is 6.07 Å². The van der Waals surface area contributed by atoms with Crippen LogP contribution in [0.2, 0.25) is 0 Å². The highest BCUT2D eigenvalue weighted by Crippen LogP contribution is 2.15. The van der Waals surface area contributed by atoms with Gasteiger partial charge in [-0.25, -0.2) is 4.39 Å². The number of likely N-dealkylation sites (N-methyl/N-ethyl adjacent to an activating group) is 1. The molecule has 1 heterocycles. The van der Waals surface area contributed by atoms with Gasteiger partial charge in [-0.1, -0.05) is 0 Å². The standard InChI is InChI=1S/C12H14FN3O2/c1-15-4-5-16(7-11(15)17)12(18)9-3-2-8(14)6-10(9)13/h2-3,6H,4-5,7,14H2,1H3. The molecule has 5 nitrogen and oxygen atoms in total. The molecule has 1 saturated heterocycles. The van der Waals surface area contributed by atoms with Gasteiger partial charge in [0.15, 0.2) is 0 Å². The van der Waals surface area contributed by atoms with Gasteiger partial charge >= 0.3 is 0 Å². The van der Waals surface area contributed by atoms with Gasteiger partial charge in [0.1, 0.15) is 12.4 Å². The number of carbonyl (C=O) groups excluding carboxylic acids is 2. The Morgan fingerprint density at radius 3 is 2.72 bits per heavy atom. The van der Waals surface area contributed by atoms with E-state index in [0.29, 0.717) is 13.1 Å². The Labute approximate surface area is 104 Å². The largest absolute Gasteiger partial charge is 0.399 e. The van der Waals surface area contributed by atoms with Crippen molar-refractivity contribution in [3.8, 4) is 0 Å². The van der Waals surface area contributed by atoms with Crippen LogP contribution in [0.15, 0.2) is 18.2 Å². The molecule has 2 rings (SSSR count). The first kappa shape index (κ1) is 12.3. The summed E-state index contributed by atoms with van der Waals surface area (Å²) in [7, 11) is 1.67. The van der Waals surface area contributed by atoms with Crippen molar-refractivity contribution >= 4 is 17.5 Å². The molecule has 2 N–H and O–H groups in total. The summed E-state index contributed by atoms with van der Waals surface area (Å²) in [5.74, 6) is -1.29. The smallest absolute Gasteiger partial charge is 0.257 e. The summed E-state index contributed by atoms with van der Waals surface area (Å²) in [4.78, 5) is 26.4. The fraction of sp³-hybridized carbons (Fsp3) is 0.333. The molecule has 0 aromatic heterocycles. The number of nitrogen functional groups attached to an aromatic ring is 1.